The van der Waals surface area contributed by atoms with Crippen molar-refractivity contribution in [2.45, 2.75) is 26.8 Å². The molecule has 0 radical (unpaired) electrons. The summed E-state index contributed by atoms with van der Waals surface area (Å²) in [6.45, 7) is 7.95. The summed E-state index contributed by atoms with van der Waals surface area (Å²) in [7, 11) is 1.50. The molecule has 126 valence electrons. The predicted molar refractivity (Wildman–Crippen MR) is 97.5 cm³/mol. The molecule has 4 heteroatoms. The SMILES string of the molecule is CCN(CC)C(c1ccc(Cl)cc1)c1ccc(F)c(C)c1.CN. The first-order chi connectivity index (χ1) is 11.1. The van der Waals surface area contributed by atoms with Gasteiger partial charge in [-0.2, -0.15) is 0 Å². The Hall–Kier alpha value is -1.42. The third-order valence-electron chi connectivity index (χ3n) is 3.86. The fourth-order valence-corrected chi connectivity index (χ4v) is 2.81. The van der Waals surface area contributed by atoms with Gasteiger partial charge in [0.15, 0.2) is 0 Å². The Morgan fingerprint density at radius 1 is 1.00 bits per heavy atom. The molecular formula is C19H26ClFN2. The Kier molecular flexibility index (Phi) is 8.24. The van der Waals surface area contributed by atoms with Crippen LogP contribution < -0.4 is 5.73 Å². The predicted octanol–water partition coefficient (Wildman–Crippen LogP) is 4.79. The monoisotopic (exact) mass is 336 g/mol. The second-order valence-electron chi connectivity index (χ2n) is 5.18. The zero-order valence-electron chi connectivity index (χ0n) is 14.3. The van der Waals surface area contributed by atoms with Gasteiger partial charge in [0.25, 0.3) is 0 Å². The Balaban J connectivity index is 0.00000127. The van der Waals surface area contributed by atoms with E-state index < -0.39 is 0 Å². The van der Waals surface area contributed by atoms with Crippen molar-refractivity contribution in [1.82, 2.24) is 4.90 Å². The second kappa shape index (κ2) is 9.66. The minimum absolute atomic E-state index is 0.122. The number of rotatable bonds is 5. The van der Waals surface area contributed by atoms with Crippen LogP contribution in [0.1, 0.15) is 36.6 Å². The van der Waals surface area contributed by atoms with Crippen LogP contribution in [0.3, 0.4) is 0 Å². The van der Waals surface area contributed by atoms with E-state index in [-0.39, 0.29) is 11.9 Å². The number of benzene rings is 2. The maximum absolute atomic E-state index is 13.6. The Labute approximate surface area is 144 Å². The van der Waals surface area contributed by atoms with Gasteiger partial charge in [0, 0.05) is 5.02 Å². The average Bonchev–Trinajstić information content (AvgIpc) is 2.58. The fourth-order valence-electron chi connectivity index (χ4n) is 2.69. The standard InChI is InChI=1S/C18H21ClFN.CH5N/c1-4-21(5-2)18(14-6-9-16(19)10-7-14)15-8-11-17(20)13(3)12-15;1-2/h6-12,18H,4-5H2,1-3H3;2H2,1H3. The van der Waals surface area contributed by atoms with Crippen molar-refractivity contribution in [1.29, 1.82) is 0 Å². The molecule has 0 aliphatic carbocycles. The molecule has 1 atom stereocenters. The van der Waals surface area contributed by atoms with Crippen LogP contribution in [-0.4, -0.2) is 25.0 Å². The molecule has 1 unspecified atom stereocenters. The molecule has 0 spiro atoms. The maximum Gasteiger partial charge on any atom is 0.126 e. The molecule has 2 rings (SSSR count). The first kappa shape index (κ1) is 19.6. The lowest BCUT2D eigenvalue weighted by molar-refractivity contribution is 0.250. The highest BCUT2D eigenvalue weighted by Crippen LogP contribution is 2.30. The van der Waals surface area contributed by atoms with E-state index in [1.54, 1.807) is 13.0 Å². The number of hydrogen-bond donors (Lipinski definition) is 1. The summed E-state index contributed by atoms with van der Waals surface area (Å²) in [6.07, 6.45) is 0. The molecule has 23 heavy (non-hydrogen) atoms. The first-order valence-electron chi connectivity index (χ1n) is 7.90. The fraction of sp³-hybridized carbons (Fsp3) is 0.368. The number of hydrogen-bond acceptors (Lipinski definition) is 2. The lowest BCUT2D eigenvalue weighted by Crippen LogP contribution is -2.29. The number of nitrogens with two attached hydrogens (primary N) is 1. The van der Waals surface area contributed by atoms with E-state index in [0.717, 1.165) is 23.7 Å². The van der Waals surface area contributed by atoms with Crippen molar-refractivity contribution in [2.24, 2.45) is 5.73 Å². The Bertz CT molecular complexity index is 595. The van der Waals surface area contributed by atoms with E-state index in [4.69, 9.17) is 11.6 Å². The van der Waals surface area contributed by atoms with Gasteiger partial charge in [-0.3, -0.25) is 4.90 Å². The summed E-state index contributed by atoms with van der Waals surface area (Å²) in [5.41, 5.74) is 7.47. The summed E-state index contributed by atoms with van der Waals surface area (Å²) in [6, 6.07) is 13.4. The average molecular weight is 337 g/mol. The molecule has 0 bridgehead atoms. The van der Waals surface area contributed by atoms with Crippen LogP contribution in [0, 0.1) is 12.7 Å². The lowest BCUT2D eigenvalue weighted by Gasteiger charge is -2.31. The molecular weight excluding hydrogens is 311 g/mol. The summed E-state index contributed by atoms with van der Waals surface area (Å²) < 4.78 is 13.6. The van der Waals surface area contributed by atoms with Crippen LogP contribution in [0.4, 0.5) is 4.39 Å². The molecule has 2 aromatic carbocycles. The summed E-state index contributed by atoms with van der Waals surface area (Å²) in [5.74, 6) is -0.159. The minimum atomic E-state index is -0.159. The molecule has 2 nitrogen and oxygen atoms in total. The largest absolute Gasteiger partial charge is 0.333 e. The molecule has 0 saturated carbocycles. The number of nitrogens with zero attached hydrogens (tertiary/aromatic N) is 1. The van der Waals surface area contributed by atoms with Crippen LogP contribution in [-0.2, 0) is 0 Å². The normalized spacial score (nSPS) is 11.8. The summed E-state index contributed by atoms with van der Waals surface area (Å²) in [4.78, 5) is 2.36. The van der Waals surface area contributed by atoms with Gasteiger partial charge in [-0.25, -0.2) is 4.39 Å². The molecule has 0 aliphatic heterocycles. The van der Waals surface area contributed by atoms with Crippen molar-refractivity contribution in [3.05, 3.63) is 70.0 Å². The third-order valence-corrected chi connectivity index (χ3v) is 4.11. The maximum atomic E-state index is 13.6. The van der Waals surface area contributed by atoms with Crippen LogP contribution >= 0.6 is 11.6 Å². The van der Waals surface area contributed by atoms with E-state index in [0.29, 0.717) is 5.56 Å². The zero-order valence-corrected chi connectivity index (χ0v) is 15.1. The lowest BCUT2D eigenvalue weighted by atomic mass is 9.95. The first-order valence-corrected chi connectivity index (χ1v) is 8.27. The number of aryl methyl sites for hydroxylation is 1. The highest BCUT2D eigenvalue weighted by molar-refractivity contribution is 6.30. The van der Waals surface area contributed by atoms with Crippen molar-refractivity contribution in [2.75, 3.05) is 20.1 Å². The van der Waals surface area contributed by atoms with Crippen LogP contribution in [0.25, 0.3) is 0 Å². The molecule has 0 aromatic heterocycles. The van der Waals surface area contributed by atoms with E-state index in [1.807, 2.05) is 36.4 Å². The van der Waals surface area contributed by atoms with Gasteiger partial charge >= 0.3 is 0 Å². The third kappa shape index (κ3) is 5.03. The van der Waals surface area contributed by atoms with Crippen molar-refractivity contribution in [3.8, 4) is 0 Å². The number of halogens is 2. The zero-order chi connectivity index (χ0) is 17.4. The van der Waals surface area contributed by atoms with E-state index in [2.05, 4.69) is 24.5 Å². The van der Waals surface area contributed by atoms with Gasteiger partial charge in [0.1, 0.15) is 5.82 Å². The van der Waals surface area contributed by atoms with E-state index in [9.17, 15) is 4.39 Å². The van der Waals surface area contributed by atoms with Crippen LogP contribution in [0.15, 0.2) is 42.5 Å². The van der Waals surface area contributed by atoms with Gasteiger partial charge in [-0.1, -0.05) is 49.7 Å². The molecule has 0 fully saturated rings. The van der Waals surface area contributed by atoms with E-state index >= 15 is 0 Å². The van der Waals surface area contributed by atoms with Gasteiger partial charge in [-0.15, -0.1) is 0 Å². The topological polar surface area (TPSA) is 29.3 Å². The Morgan fingerprint density at radius 3 is 2.00 bits per heavy atom. The summed E-state index contributed by atoms with van der Waals surface area (Å²) in [5, 5.41) is 0.729. The van der Waals surface area contributed by atoms with Crippen LogP contribution in [0.2, 0.25) is 5.02 Å². The van der Waals surface area contributed by atoms with E-state index in [1.165, 1.54) is 12.6 Å². The van der Waals surface area contributed by atoms with Gasteiger partial charge in [0.2, 0.25) is 0 Å². The molecule has 0 amide bonds. The van der Waals surface area contributed by atoms with Gasteiger partial charge in [0.05, 0.1) is 6.04 Å². The molecule has 0 aliphatic rings. The van der Waals surface area contributed by atoms with Crippen molar-refractivity contribution in [3.63, 3.8) is 0 Å². The molecule has 2 aromatic rings. The second-order valence-corrected chi connectivity index (χ2v) is 5.62. The minimum Gasteiger partial charge on any atom is -0.333 e. The van der Waals surface area contributed by atoms with Crippen molar-refractivity contribution < 1.29 is 4.39 Å². The van der Waals surface area contributed by atoms with Crippen LogP contribution in [0.5, 0.6) is 0 Å². The van der Waals surface area contributed by atoms with Gasteiger partial charge < -0.3 is 5.73 Å². The molecule has 2 N–H and O–H groups in total. The molecule has 0 heterocycles. The smallest absolute Gasteiger partial charge is 0.126 e. The highest BCUT2D eigenvalue weighted by Gasteiger charge is 2.20. The van der Waals surface area contributed by atoms with Crippen molar-refractivity contribution >= 4 is 11.6 Å². The summed E-state index contributed by atoms with van der Waals surface area (Å²) >= 11 is 5.99. The molecule has 0 saturated heterocycles. The Morgan fingerprint density at radius 2 is 1.52 bits per heavy atom. The quantitative estimate of drug-likeness (QED) is 0.850. The highest BCUT2D eigenvalue weighted by atomic mass is 35.5. The van der Waals surface area contributed by atoms with Gasteiger partial charge in [-0.05, 0) is 62.0 Å².